The van der Waals surface area contributed by atoms with Gasteiger partial charge in [0.15, 0.2) is 6.10 Å². The van der Waals surface area contributed by atoms with Gasteiger partial charge in [0.1, 0.15) is 6.61 Å². The van der Waals surface area contributed by atoms with Gasteiger partial charge in [-0.25, -0.2) is 0 Å². The fourth-order valence-corrected chi connectivity index (χ4v) is 1.24. The molecule has 0 saturated heterocycles. The molecule has 0 aliphatic rings. The minimum Gasteiger partial charge on any atom is -0.756 e. The molecule has 0 aliphatic carbocycles. The number of phosphoric ester groups is 1. The molecule has 0 aromatic rings. The van der Waals surface area contributed by atoms with E-state index in [4.69, 9.17) is 0 Å². The second-order valence-corrected chi connectivity index (χ2v) is 4.48. The maximum absolute atomic E-state index is 10.9. The van der Waals surface area contributed by atoms with Crippen LogP contribution in [-0.4, -0.2) is 38.4 Å². The maximum Gasteiger partial charge on any atom is 0.303 e. The van der Waals surface area contributed by atoms with Crippen molar-refractivity contribution < 1.29 is 37.6 Å². The molecule has 2 atom stereocenters. The van der Waals surface area contributed by atoms with Gasteiger partial charge in [0.2, 0.25) is 0 Å². The summed E-state index contributed by atoms with van der Waals surface area (Å²) in [6, 6.07) is 0. The average Bonchev–Trinajstić information content (AvgIpc) is 2.21. The number of carbonyl (C=O) groups excluding carboxylic acids is 2. The monoisotopic (exact) mass is 269 g/mol. The van der Waals surface area contributed by atoms with E-state index in [-0.39, 0.29) is 6.61 Å². The van der Waals surface area contributed by atoms with Crippen molar-refractivity contribution in [3.05, 3.63) is 0 Å². The van der Waals surface area contributed by atoms with E-state index in [0.29, 0.717) is 0 Å². The number of hydrogen-bond donors (Lipinski definition) is 0. The third-order valence-electron chi connectivity index (χ3n) is 1.45. The van der Waals surface area contributed by atoms with E-state index in [1.165, 1.54) is 6.92 Å². The van der Waals surface area contributed by atoms with E-state index in [1.807, 2.05) is 0 Å². The molecule has 1 unspecified atom stereocenters. The molecule has 0 N–H and O–H groups in total. The first kappa shape index (κ1) is 16.1. The lowest BCUT2D eigenvalue weighted by Gasteiger charge is -2.23. The lowest BCUT2D eigenvalue weighted by Crippen LogP contribution is -2.29. The molecule has 0 aromatic carbocycles. The predicted molar refractivity (Wildman–Crippen MR) is 52.8 cm³/mol. The van der Waals surface area contributed by atoms with E-state index < -0.39 is 32.5 Å². The van der Waals surface area contributed by atoms with Gasteiger partial charge in [0.25, 0.3) is 7.82 Å². The van der Waals surface area contributed by atoms with Crippen molar-refractivity contribution in [2.45, 2.75) is 20.0 Å². The van der Waals surface area contributed by atoms with Crippen molar-refractivity contribution in [3.8, 4) is 0 Å². The van der Waals surface area contributed by atoms with Gasteiger partial charge in [0, 0.05) is 21.0 Å². The molecule has 9 heteroatoms. The fourth-order valence-electron chi connectivity index (χ4n) is 0.788. The quantitative estimate of drug-likeness (QED) is 0.454. The number of rotatable bonds is 7. The van der Waals surface area contributed by atoms with Crippen LogP contribution < -0.4 is 4.89 Å². The molecule has 0 radical (unpaired) electrons. The largest absolute Gasteiger partial charge is 0.756 e. The first-order valence-corrected chi connectivity index (χ1v) is 6.05. The summed E-state index contributed by atoms with van der Waals surface area (Å²) in [7, 11) is -3.47. The fraction of sp³-hybridized carbons (Fsp3) is 0.750. The van der Waals surface area contributed by atoms with Crippen molar-refractivity contribution in [3.63, 3.8) is 0 Å². The zero-order chi connectivity index (χ0) is 13.5. The van der Waals surface area contributed by atoms with Crippen molar-refractivity contribution in [2.24, 2.45) is 0 Å². The second-order valence-electron chi connectivity index (χ2n) is 2.96. The standard InChI is InChI=1S/C8H15O8P/c1-6(9)14-4-8(16-7(2)10)5-15-17(11,12)13-3/h8H,4-5H2,1-3H3,(H,11,12)/p-1/t8-/m1/s1. The predicted octanol–water partition coefficient (Wildman–Crippen LogP) is -0.387. The lowest BCUT2D eigenvalue weighted by molar-refractivity contribution is -0.225. The van der Waals surface area contributed by atoms with Crippen LogP contribution in [0.1, 0.15) is 13.8 Å². The van der Waals surface area contributed by atoms with Gasteiger partial charge in [-0.1, -0.05) is 0 Å². The molecule has 8 nitrogen and oxygen atoms in total. The van der Waals surface area contributed by atoms with E-state index in [9.17, 15) is 19.0 Å². The third-order valence-corrected chi connectivity index (χ3v) is 2.36. The molecule has 0 rings (SSSR count). The Balaban J connectivity index is 4.23. The molecule has 0 bridgehead atoms. The van der Waals surface area contributed by atoms with Gasteiger partial charge in [0.05, 0.1) is 6.61 Å². The van der Waals surface area contributed by atoms with E-state index in [1.54, 1.807) is 0 Å². The Bertz CT molecular complexity index is 315. The molecular weight excluding hydrogens is 255 g/mol. The Hall–Kier alpha value is -0.950. The molecule has 0 amide bonds. The average molecular weight is 269 g/mol. The summed E-state index contributed by atoms with van der Waals surface area (Å²) in [4.78, 5) is 32.1. The number of esters is 2. The summed E-state index contributed by atoms with van der Waals surface area (Å²) in [5.41, 5.74) is 0. The molecule has 0 fully saturated rings. The number of hydrogen-bond acceptors (Lipinski definition) is 8. The lowest BCUT2D eigenvalue weighted by atomic mass is 10.4. The highest BCUT2D eigenvalue weighted by molar-refractivity contribution is 7.45. The van der Waals surface area contributed by atoms with Crippen molar-refractivity contribution in [2.75, 3.05) is 20.3 Å². The Labute approximate surface area is 98.4 Å². The van der Waals surface area contributed by atoms with Crippen LogP contribution >= 0.6 is 7.82 Å². The van der Waals surface area contributed by atoms with E-state index in [2.05, 4.69) is 18.5 Å². The van der Waals surface area contributed by atoms with Crippen molar-refractivity contribution >= 4 is 19.8 Å². The zero-order valence-electron chi connectivity index (χ0n) is 9.70. The van der Waals surface area contributed by atoms with E-state index >= 15 is 0 Å². The van der Waals surface area contributed by atoms with Crippen LogP contribution in [0.15, 0.2) is 0 Å². The smallest absolute Gasteiger partial charge is 0.303 e. The Morgan fingerprint density at radius 1 is 1.24 bits per heavy atom. The van der Waals surface area contributed by atoms with Crippen LogP contribution in [0.3, 0.4) is 0 Å². The second kappa shape index (κ2) is 7.39. The molecule has 100 valence electrons. The topological polar surface area (TPSA) is 111 Å². The summed E-state index contributed by atoms with van der Waals surface area (Å²) in [6.45, 7) is 1.52. The summed E-state index contributed by atoms with van der Waals surface area (Å²) in [5.74, 6) is -1.23. The Kier molecular flexibility index (Phi) is 6.98. The van der Waals surface area contributed by atoms with Gasteiger partial charge in [-0.2, -0.15) is 0 Å². The molecule has 0 saturated carbocycles. The van der Waals surface area contributed by atoms with Gasteiger partial charge in [-0.3, -0.25) is 14.2 Å². The summed E-state index contributed by atoms with van der Waals surface area (Å²) in [5, 5.41) is 0. The number of ether oxygens (including phenoxy) is 2. The van der Waals surface area contributed by atoms with Crippen LogP contribution in [0.4, 0.5) is 0 Å². The van der Waals surface area contributed by atoms with Crippen LogP contribution in [0, 0.1) is 0 Å². The normalized spacial score (nSPS) is 15.8. The minimum atomic E-state index is -4.40. The van der Waals surface area contributed by atoms with Gasteiger partial charge < -0.3 is 23.4 Å². The first-order chi connectivity index (χ1) is 7.76. The Morgan fingerprint density at radius 3 is 2.24 bits per heavy atom. The highest BCUT2D eigenvalue weighted by atomic mass is 31.2. The van der Waals surface area contributed by atoms with Crippen LogP contribution in [0.2, 0.25) is 0 Å². The minimum absolute atomic E-state index is 0.293. The summed E-state index contributed by atoms with van der Waals surface area (Å²) in [6.07, 6.45) is -1.01. The molecule has 0 heterocycles. The zero-order valence-corrected chi connectivity index (χ0v) is 10.6. The van der Waals surface area contributed by atoms with E-state index in [0.717, 1.165) is 14.0 Å². The Morgan fingerprint density at radius 2 is 1.82 bits per heavy atom. The van der Waals surface area contributed by atoms with Crippen LogP contribution in [0.5, 0.6) is 0 Å². The first-order valence-electron chi connectivity index (χ1n) is 4.58. The third kappa shape index (κ3) is 8.82. The molecule has 0 aromatic heterocycles. The van der Waals surface area contributed by atoms with Crippen molar-refractivity contribution in [1.29, 1.82) is 0 Å². The van der Waals surface area contributed by atoms with Crippen LogP contribution in [-0.2, 0) is 32.7 Å². The highest BCUT2D eigenvalue weighted by Crippen LogP contribution is 2.36. The van der Waals surface area contributed by atoms with Crippen molar-refractivity contribution in [1.82, 2.24) is 0 Å². The SMILES string of the molecule is COP(=O)([O-])OC[C@@H](COC(C)=O)OC(C)=O. The summed E-state index contributed by atoms with van der Waals surface area (Å²) >= 11 is 0. The van der Waals surface area contributed by atoms with Gasteiger partial charge >= 0.3 is 11.9 Å². The number of carbonyl (C=O) groups is 2. The van der Waals surface area contributed by atoms with Gasteiger partial charge in [-0.05, 0) is 0 Å². The molecule has 0 spiro atoms. The molecular formula is C8H14O8P-. The van der Waals surface area contributed by atoms with Gasteiger partial charge in [-0.15, -0.1) is 0 Å². The maximum atomic E-state index is 10.9. The van der Waals surface area contributed by atoms with Crippen LogP contribution in [0.25, 0.3) is 0 Å². The molecule has 17 heavy (non-hydrogen) atoms. The number of phosphoric acid groups is 1. The highest BCUT2D eigenvalue weighted by Gasteiger charge is 2.17. The molecule has 0 aliphatic heterocycles. The summed E-state index contributed by atoms with van der Waals surface area (Å²) < 4.78 is 28.6.